The van der Waals surface area contributed by atoms with E-state index in [1.54, 1.807) is 17.8 Å². The normalized spacial score (nSPS) is 16.1. The fraction of sp³-hybridized carbons (Fsp3) is 0.444. The van der Waals surface area contributed by atoms with Gasteiger partial charge in [0.15, 0.2) is 11.5 Å². The second-order valence-corrected chi connectivity index (χ2v) is 6.34. The van der Waals surface area contributed by atoms with Crippen LogP contribution in [0.3, 0.4) is 0 Å². The smallest absolute Gasteiger partial charge is 0.364 e. The Kier molecular flexibility index (Phi) is 4.61. The van der Waals surface area contributed by atoms with Crippen molar-refractivity contribution >= 4 is 37.5 Å². The van der Waals surface area contributed by atoms with Gasteiger partial charge in [0, 0.05) is 0 Å². The van der Waals surface area contributed by atoms with E-state index in [0.717, 1.165) is 0 Å². The van der Waals surface area contributed by atoms with Crippen LogP contribution in [-0.4, -0.2) is 36.9 Å². The van der Waals surface area contributed by atoms with E-state index in [0.29, 0.717) is 23.5 Å². The molecule has 0 aliphatic rings. The van der Waals surface area contributed by atoms with Crippen LogP contribution in [0.2, 0.25) is 0 Å². The molecule has 2 rings (SSSR count). The molecule has 2 aromatic heterocycles. The maximum atomic E-state index is 11.2. The van der Waals surface area contributed by atoms with Gasteiger partial charge in [0.25, 0.3) is 0 Å². The van der Waals surface area contributed by atoms with Crippen molar-refractivity contribution in [1.82, 2.24) is 19.5 Å². The van der Waals surface area contributed by atoms with Gasteiger partial charge in [-0.05, 0) is 19.8 Å². The molecular weight excluding hydrogens is 305 g/mol. The van der Waals surface area contributed by atoms with E-state index in [9.17, 15) is 9.46 Å². The summed E-state index contributed by atoms with van der Waals surface area (Å²) >= 11 is 3.31. The highest BCUT2D eigenvalue weighted by atomic mass is 32.1. The molecule has 0 aliphatic heterocycles. The number of hydrogen-bond donors (Lipinski definition) is 3. The Hall–Kier alpha value is -1.19. The zero-order valence-electron chi connectivity index (χ0n) is 10.6. The van der Waals surface area contributed by atoms with Gasteiger partial charge in [0.05, 0.1) is 19.0 Å². The number of rotatable bonds is 6. The number of thiol groups is 1. The molecule has 0 saturated heterocycles. The molecule has 0 bridgehead atoms. The summed E-state index contributed by atoms with van der Waals surface area (Å²) < 4.78 is 22.3. The quantitative estimate of drug-likeness (QED) is 0.406. The summed E-state index contributed by atoms with van der Waals surface area (Å²) in [6.45, 7) is 2.13. The number of nitrogens with two attached hydrogens (primary N) is 1. The lowest BCUT2D eigenvalue weighted by Gasteiger charge is -2.15. The molecule has 1 unspecified atom stereocenters. The number of ether oxygens (including phenoxy) is 1. The van der Waals surface area contributed by atoms with Crippen LogP contribution in [-0.2, 0) is 19.8 Å². The molecule has 0 aromatic carbocycles. The van der Waals surface area contributed by atoms with Gasteiger partial charge >= 0.3 is 7.60 Å². The van der Waals surface area contributed by atoms with Crippen LogP contribution in [0.4, 0.5) is 5.82 Å². The molecule has 20 heavy (non-hydrogen) atoms. The van der Waals surface area contributed by atoms with E-state index in [1.807, 2.05) is 0 Å². The van der Waals surface area contributed by atoms with Crippen molar-refractivity contribution in [2.75, 3.05) is 12.1 Å². The minimum absolute atomic E-state index is 0.297. The first-order chi connectivity index (χ1) is 9.43. The first-order valence-electron chi connectivity index (χ1n) is 5.61. The molecule has 0 fully saturated rings. The average Bonchev–Trinajstić information content (AvgIpc) is 2.82. The summed E-state index contributed by atoms with van der Waals surface area (Å²) in [6, 6.07) is 0. The van der Waals surface area contributed by atoms with Crippen molar-refractivity contribution < 1.29 is 18.2 Å². The summed E-state index contributed by atoms with van der Waals surface area (Å²) in [7, 11) is -3.80. The van der Waals surface area contributed by atoms with E-state index in [-0.39, 0.29) is 6.10 Å². The van der Waals surface area contributed by atoms with Crippen LogP contribution in [0, 0.1) is 0 Å². The third-order valence-corrected chi connectivity index (χ3v) is 4.03. The summed E-state index contributed by atoms with van der Waals surface area (Å²) in [5, 5.41) is 0. The van der Waals surface area contributed by atoms with Crippen molar-refractivity contribution in [3.8, 4) is 0 Å². The van der Waals surface area contributed by atoms with Crippen molar-refractivity contribution in [2.24, 2.45) is 0 Å². The molecular formula is C9H14N5O4PS. The molecule has 11 heteroatoms. The van der Waals surface area contributed by atoms with Crippen LogP contribution in [0.25, 0.3) is 11.2 Å². The zero-order chi connectivity index (χ0) is 14.8. The van der Waals surface area contributed by atoms with E-state index in [2.05, 4.69) is 31.8 Å². The first kappa shape index (κ1) is 15.2. The largest absolute Gasteiger partial charge is 0.382 e. The second-order valence-electron chi connectivity index (χ2n) is 4.15. The number of aromatic nitrogens is 4. The van der Waals surface area contributed by atoms with Gasteiger partial charge in [-0.15, -0.1) is 0 Å². The Morgan fingerprint density at radius 2 is 2.30 bits per heavy atom. The van der Waals surface area contributed by atoms with E-state index in [4.69, 9.17) is 10.5 Å². The highest BCUT2D eigenvalue weighted by molar-refractivity contribution is 7.81. The predicted octanol–water partition coefficient (Wildman–Crippen LogP) is 0.818. The fourth-order valence-corrected chi connectivity index (χ4v) is 2.24. The molecule has 9 nitrogen and oxygen atoms in total. The first-order valence-corrected chi connectivity index (χ1v) is 7.73. The highest BCUT2D eigenvalue weighted by Gasteiger charge is 2.20. The molecule has 0 amide bonds. The lowest BCUT2D eigenvalue weighted by atomic mass is 10.4. The topological polar surface area (TPSA) is 125 Å². The third kappa shape index (κ3) is 3.47. The number of hydrogen-bond acceptors (Lipinski definition) is 8. The number of imidazole rings is 1. The average molecular weight is 319 g/mol. The van der Waals surface area contributed by atoms with Gasteiger partial charge in [0.2, 0.25) is 0 Å². The Bertz CT molecular complexity index is 650. The molecule has 2 heterocycles. The Labute approximate surface area is 120 Å². The molecule has 2 aromatic rings. The lowest BCUT2D eigenvalue weighted by molar-refractivity contribution is 0.0780. The van der Waals surface area contributed by atoms with Gasteiger partial charge in [-0.3, -0.25) is 4.57 Å². The summed E-state index contributed by atoms with van der Waals surface area (Å²) in [6.07, 6.45) is 2.11. The second kappa shape index (κ2) is 6.06. The summed E-state index contributed by atoms with van der Waals surface area (Å²) in [5.41, 5.74) is 6.76. The van der Waals surface area contributed by atoms with E-state index in [1.165, 1.54) is 6.33 Å². The van der Waals surface area contributed by atoms with Crippen LogP contribution < -0.4 is 5.73 Å². The molecule has 0 aliphatic carbocycles. The van der Waals surface area contributed by atoms with Crippen molar-refractivity contribution in [2.45, 2.75) is 19.6 Å². The highest BCUT2D eigenvalue weighted by Crippen LogP contribution is 2.43. The Morgan fingerprint density at radius 1 is 1.55 bits per heavy atom. The molecule has 2 atom stereocenters. The molecule has 110 valence electrons. The summed E-state index contributed by atoms with van der Waals surface area (Å²) in [5.74, 6) is 0.297. The SMILES string of the molecule is C[C@H](Cn1cnc2c(N)ncnc21)OCP(=O)(O)OS. The Morgan fingerprint density at radius 3 is 3.00 bits per heavy atom. The monoisotopic (exact) mass is 319 g/mol. The van der Waals surface area contributed by atoms with Gasteiger partial charge in [-0.2, -0.15) is 0 Å². The standard InChI is InChI=1S/C9H14N5O4PS/c1-6(17-5-19(15,16)18-20)2-14-4-13-7-8(10)11-3-12-9(7)14/h3-4,6,20H,2,5H2,1H3,(H,15,16)(H2,10,11,12)/t6-/m1/s1. The molecule has 0 saturated carbocycles. The predicted molar refractivity (Wildman–Crippen MR) is 75.0 cm³/mol. The van der Waals surface area contributed by atoms with Gasteiger partial charge in [-0.25, -0.2) is 18.9 Å². The minimum atomic E-state index is -3.80. The lowest BCUT2D eigenvalue weighted by Crippen LogP contribution is -2.17. The van der Waals surface area contributed by atoms with Gasteiger partial charge < -0.3 is 19.9 Å². The van der Waals surface area contributed by atoms with Crippen molar-refractivity contribution in [1.29, 1.82) is 0 Å². The number of anilines is 1. The van der Waals surface area contributed by atoms with Crippen molar-refractivity contribution in [3.63, 3.8) is 0 Å². The minimum Gasteiger partial charge on any atom is -0.382 e. The van der Waals surface area contributed by atoms with Crippen LogP contribution >= 0.6 is 20.5 Å². The molecule has 0 spiro atoms. The number of nitrogens with zero attached hydrogens (tertiary/aromatic N) is 4. The molecule has 3 N–H and O–H groups in total. The maximum Gasteiger partial charge on any atom is 0.364 e. The van der Waals surface area contributed by atoms with Crippen molar-refractivity contribution in [3.05, 3.63) is 12.7 Å². The van der Waals surface area contributed by atoms with Crippen LogP contribution in [0.1, 0.15) is 6.92 Å². The van der Waals surface area contributed by atoms with Crippen LogP contribution in [0.5, 0.6) is 0 Å². The van der Waals surface area contributed by atoms with Gasteiger partial charge in [-0.1, -0.05) is 0 Å². The summed E-state index contributed by atoms with van der Waals surface area (Å²) in [4.78, 5) is 21.2. The molecule has 0 radical (unpaired) electrons. The van der Waals surface area contributed by atoms with E-state index < -0.39 is 13.9 Å². The maximum absolute atomic E-state index is 11.2. The fourth-order valence-electron chi connectivity index (χ4n) is 1.61. The third-order valence-electron chi connectivity index (χ3n) is 2.53. The van der Waals surface area contributed by atoms with Crippen LogP contribution in [0.15, 0.2) is 12.7 Å². The van der Waals surface area contributed by atoms with Gasteiger partial charge in [0.1, 0.15) is 18.2 Å². The Balaban J connectivity index is 2.05. The zero-order valence-corrected chi connectivity index (χ0v) is 12.4. The number of nitrogen functional groups attached to an aromatic ring is 1. The number of fused-ring (bicyclic) bond motifs is 1. The van der Waals surface area contributed by atoms with E-state index >= 15 is 0 Å².